The van der Waals surface area contributed by atoms with Crippen LogP contribution in [0.3, 0.4) is 0 Å². The first-order valence-electron chi connectivity index (χ1n) is 12.8. The van der Waals surface area contributed by atoms with Crippen LogP contribution in [0.5, 0.6) is 28.7 Å². The number of carbonyl (C=O) groups excluding carboxylic acids is 1. The number of ether oxygens (including phenoxy) is 5. The maximum Gasteiger partial charge on any atom is 0.313 e. The van der Waals surface area contributed by atoms with Gasteiger partial charge in [-0.05, 0) is 58.7 Å². The number of aliphatic hydroxyl groups is 1. The zero-order chi connectivity index (χ0) is 27.9. The van der Waals surface area contributed by atoms with Crippen LogP contribution in [0.4, 0.5) is 0 Å². The molecule has 0 amide bonds. The zero-order valence-corrected chi connectivity index (χ0v) is 22.0. The minimum Gasteiger partial charge on any atom is -0.508 e. The first-order chi connectivity index (χ1) is 19.4. The Balaban J connectivity index is 1.54. The van der Waals surface area contributed by atoms with Crippen molar-refractivity contribution in [3.05, 3.63) is 113 Å². The molecule has 8 nitrogen and oxygen atoms in total. The van der Waals surface area contributed by atoms with E-state index in [1.54, 1.807) is 43.5 Å². The maximum atomic E-state index is 13.6. The van der Waals surface area contributed by atoms with E-state index >= 15 is 0 Å². The molecule has 2 N–H and O–H groups in total. The number of methoxy groups -OCH3 is 2. The lowest BCUT2D eigenvalue weighted by atomic mass is 9.76. The van der Waals surface area contributed by atoms with E-state index in [1.807, 2.05) is 42.5 Å². The highest BCUT2D eigenvalue weighted by Gasteiger charge is 2.58. The van der Waals surface area contributed by atoms with Crippen LogP contribution in [-0.2, 0) is 21.7 Å². The molecule has 2 aliphatic rings. The number of hydrogen-bond donors (Lipinski definition) is 2. The topological polar surface area (TPSA) is 104 Å². The highest BCUT2D eigenvalue weighted by atomic mass is 16.7. The lowest BCUT2D eigenvalue weighted by Crippen LogP contribution is -2.40. The van der Waals surface area contributed by atoms with Crippen LogP contribution in [-0.4, -0.2) is 37.2 Å². The average Bonchev–Trinajstić information content (AvgIpc) is 3.56. The highest BCUT2D eigenvalue weighted by Crippen LogP contribution is 2.58. The Labute approximate surface area is 231 Å². The molecule has 1 aliphatic heterocycles. The van der Waals surface area contributed by atoms with E-state index in [0.717, 1.165) is 11.1 Å². The molecule has 204 valence electrons. The van der Waals surface area contributed by atoms with Crippen molar-refractivity contribution < 1.29 is 38.7 Å². The maximum absolute atomic E-state index is 13.6. The van der Waals surface area contributed by atoms with Crippen LogP contribution in [0.25, 0.3) is 0 Å². The van der Waals surface area contributed by atoms with Gasteiger partial charge in [-0.3, -0.25) is 4.79 Å². The number of aromatic hydroxyl groups is 1. The van der Waals surface area contributed by atoms with Crippen LogP contribution in [0.1, 0.15) is 33.7 Å². The van der Waals surface area contributed by atoms with E-state index in [-0.39, 0.29) is 19.1 Å². The van der Waals surface area contributed by atoms with Gasteiger partial charge in [0.2, 0.25) is 6.79 Å². The van der Waals surface area contributed by atoms with Crippen molar-refractivity contribution in [1.82, 2.24) is 0 Å². The van der Waals surface area contributed by atoms with E-state index in [4.69, 9.17) is 23.7 Å². The first kappa shape index (κ1) is 25.6. The predicted octanol–water partition coefficient (Wildman–Crippen LogP) is 4.88. The molecule has 0 spiro atoms. The van der Waals surface area contributed by atoms with Gasteiger partial charge in [-0.1, -0.05) is 42.5 Å². The van der Waals surface area contributed by atoms with E-state index < -0.39 is 23.4 Å². The van der Waals surface area contributed by atoms with Gasteiger partial charge in [0.05, 0.1) is 14.2 Å². The normalized spacial score (nSPS) is 20.6. The largest absolute Gasteiger partial charge is 0.508 e. The Morgan fingerprint density at radius 1 is 0.925 bits per heavy atom. The summed E-state index contributed by atoms with van der Waals surface area (Å²) in [6.07, 6.45) is 0. The summed E-state index contributed by atoms with van der Waals surface area (Å²) in [5.41, 5.74) is 1.10. The van der Waals surface area contributed by atoms with Gasteiger partial charge < -0.3 is 33.9 Å². The van der Waals surface area contributed by atoms with Crippen molar-refractivity contribution in [2.75, 3.05) is 21.0 Å². The smallest absolute Gasteiger partial charge is 0.313 e. The Bertz CT molecular complexity index is 1570. The zero-order valence-electron chi connectivity index (χ0n) is 22.0. The number of rotatable bonds is 7. The second-order valence-corrected chi connectivity index (χ2v) is 9.77. The minimum absolute atomic E-state index is 0.0487. The number of fused-ring (bicyclic) bond motifs is 2. The molecule has 0 saturated carbocycles. The van der Waals surface area contributed by atoms with E-state index in [1.165, 1.54) is 13.2 Å². The van der Waals surface area contributed by atoms with E-state index in [9.17, 15) is 15.0 Å². The Hall–Kier alpha value is -4.69. The van der Waals surface area contributed by atoms with Crippen molar-refractivity contribution in [3.63, 3.8) is 0 Å². The second-order valence-electron chi connectivity index (χ2n) is 9.77. The van der Waals surface area contributed by atoms with Gasteiger partial charge in [-0.2, -0.15) is 0 Å². The minimum atomic E-state index is -1.93. The van der Waals surface area contributed by atoms with Crippen LogP contribution in [0, 0.1) is 5.92 Å². The molecule has 0 fully saturated rings. The SMILES string of the molecule is COC(=O)C1C(c2ccc3c(c2)OCO3)c2ccc(O)cc2C1(O)c1ccc(OC)cc1OCc1ccccc1. The van der Waals surface area contributed by atoms with Gasteiger partial charge in [0.25, 0.3) is 0 Å². The molecule has 3 unspecified atom stereocenters. The third-order valence-electron chi connectivity index (χ3n) is 7.61. The van der Waals surface area contributed by atoms with Crippen LogP contribution >= 0.6 is 0 Å². The summed E-state index contributed by atoms with van der Waals surface area (Å²) in [4.78, 5) is 13.6. The summed E-state index contributed by atoms with van der Waals surface area (Å²) < 4.78 is 28.1. The number of carbonyl (C=O) groups is 1. The molecule has 1 heterocycles. The Morgan fingerprint density at radius 2 is 1.73 bits per heavy atom. The molecule has 0 bridgehead atoms. The van der Waals surface area contributed by atoms with Crippen LogP contribution < -0.4 is 18.9 Å². The molecule has 0 saturated heterocycles. The Kier molecular flexibility index (Phi) is 6.48. The fraction of sp³-hybridized carbons (Fsp3) is 0.219. The van der Waals surface area contributed by atoms with Gasteiger partial charge in [-0.25, -0.2) is 0 Å². The summed E-state index contributed by atoms with van der Waals surface area (Å²) in [6, 6.07) is 24.9. The third kappa shape index (κ3) is 4.17. The highest BCUT2D eigenvalue weighted by molar-refractivity contribution is 5.81. The summed E-state index contributed by atoms with van der Waals surface area (Å²) in [6.45, 7) is 0.324. The lowest BCUT2D eigenvalue weighted by molar-refractivity contribution is -0.153. The van der Waals surface area contributed by atoms with Crippen LogP contribution in [0.15, 0.2) is 84.9 Å². The summed E-state index contributed by atoms with van der Waals surface area (Å²) in [7, 11) is 2.83. The molecule has 3 atom stereocenters. The third-order valence-corrected chi connectivity index (χ3v) is 7.61. The molecule has 4 aromatic carbocycles. The van der Waals surface area contributed by atoms with Gasteiger partial charge in [0.1, 0.15) is 35.4 Å². The van der Waals surface area contributed by atoms with E-state index in [0.29, 0.717) is 39.7 Å². The average molecular weight is 541 g/mol. The van der Waals surface area contributed by atoms with E-state index in [2.05, 4.69) is 0 Å². The molecule has 0 aromatic heterocycles. The van der Waals surface area contributed by atoms with Gasteiger partial charge in [0, 0.05) is 17.5 Å². The summed E-state index contributed by atoms with van der Waals surface area (Å²) >= 11 is 0. The summed E-state index contributed by atoms with van der Waals surface area (Å²) in [5.74, 6) is -0.420. The standard InChI is InChI=1S/C32H28O8/c1-36-22-10-12-24(27(16-22)38-17-19-6-4-3-5-7-19)32(35)25-15-21(33)9-11-23(25)29(30(32)31(34)37-2)20-8-13-26-28(14-20)40-18-39-26/h3-16,29-30,33,35H,17-18H2,1-2H3. The number of hydrogen-bond acceptors (Lipinski definition) is 8. The second kappa shape index (κ2) is 10.1. The molecule has 0 radical (unpaired) electrons. The molecule has 8 heteroatoms. The van der Waals surface area contributed by atoms with Gasteiger partial charge >= 0.3 is 5.97 Å². The van der Waals surface area contributed by atoms with Crippen molar-refractivity contribution >= 4 is 5.97 Å². The molecule has 40 heavy (non-hydrogen) atoms. The molecule has 6 rings (SSSR count). The fourth-order valence-corrected chi connectivity index (χ4v) is 5.76. The van der Waals surface area contributed by atoms with Crippen LogP contribution in [0.2, 0.25) is 0 Å². The lowest BCUT2D eigenvalue weighted by Gasteiger charge is -2.33. The summed E-state index contributed by atoms with van der Waals surface area (Å²) in [5, 5.41) is 23.3. The molecular weight excluding hydrogens is 512 g/mol. The van der Waals surface area contributed by atoms with Gasteiger partial charge in [-0.15, -0.1) is 0 Å². The molecule has 4 aromatic rings. The number of phenolic OH excluding ortho intramolecular Hbond substituents is 1. The number of benzene rings is 4. The number of phenols is 1. The van der Waals surface area contributed by atoms with Crippen molar-refractivity contribution in [1.29, 1.82) is 0 Å². The van der Waals surface area contributed by atoms with Crippen molar-refractivity contribution in [2.24, 2.45) is 5.92 Å². The quantitative estimate of drug-likeness (QED) is 0.320. The van der Waals surface area contributed by atoms with Gasteiger partial charge in [0.15, 0.2) is 11.5 Å². The molecular formula is C32H28O8. The van der Waals surface area contributed by atoms with Crippen molar-refractivity contribution in [2.45, 2.75) is 18.1 Å². The fourth-order valence-electron chi connectivity index (χ4n) is 5.76. The monoisotopic (exact) mass is 540 g/mol. The molecule has 1 aliphatic carbocycles. The number of esters is 1. The predicted molar refractivity (Wildman–Crippen MR) is 145 cm³/mol. The van der Waals surface area contributed by atoms with Crippen molar-refractivity contribution in [3.8, 4) is 28.7 Å². The first-order valence-corrected chi connectivity index (χ1v) is 12.8. The Morgan fingerprint density at radius 3 is 2.50 bits per heavy atom.